The molecule has 0 radical (unpaired) electrons. The molecule has 2 N–H and O–H groups in total. The molecule has 1 heterocycles. The topological polar surface area (TPSA) is 103 Å². The van der Waals surface area contributed by atoms with E-state index >= 15 is 0 Å². The Morgan fingerprint density at radius 2 is 1.88 bits per heavy atom. The number of hydrogen-bond acceptors (Lipinski definition) is 7. The van der Waals surface area contributed by atoms with E-state index < -0.39 is 20.5 Å². The molecule has 1 saturated heterocycles. The number of rotatable bonds is 8. The third-order valence-corrected chi connectivity index (χ3v) is 6.51. The van der Waals surface area contributed by atoms with Crippen molar-refractivity contribution in [3.8, 4) is 11.5 Å². The first-order valence-electron chi connectivity index (χ1n) is 8.35. The maximum absolute atomic E-state index is 12.9. The van der Waals surface area contributed by atoms with Crippen LogP contribution in [0.2, 0.25) is 0 Å². The van der Waals surface area contributed by atoms with Crippen molar-refractivity contribution >= 4 is 21.4 Å². The summed E-state index contributed by atoms with van der Waals surface area (Å²) in [5.74, 6) is 0.439. The number of nitrogens with one attached hydrogen (secondary N) is 2. The molecule has 0 atom stereocenters. The lowest BCUT2D eigenvalue weighted by atomic mass is 9.95. The van der Waals surface area contributed by atoms with Crippen LogP contribution in [0.15, 0.2) is 18.2 Å². The van der Waals surface area contributed by atoms with Crippen LogP contribution in [0.3, 0.4) is 0 Å². The van der Waals surface area contributed by atoms with Gasteiger partial charge in [-0.3, -0.25) is 4.79 Å². The van der Waals surface area contributed by atoms with Gasteiger partial charge in [-0.25, -0.2) is 8.42 Å². The van der Waals surface area contributed by atoms with Gasteiger partial charge < -0.3 is 24.8 Å². The Hall–Kier alpha value is -1.84. The summed E-state index contributed by atoms with van der Waals surface area (Å²) in [5.41, 5.74) is 0.449. The third kappa shape index (κ3) is 4.46. The van der Waals surface area contributed by atoms with Crippen LogP contribution >= 0.6 is 0 Å². The average molecular weight is 386 g/mol. The maximum atomic E-state index is 12.9. The van der Waals surface area contributed by atoms with Crippen molar-refractivity contribution in [1.29, 1.82) is 0 Å². The largest absolute Gasteiger partial charge is 0.493 e. The van der Waals surface area contributed by atoms with Crippen LogP contribution < -0.4 is 20.1 Å². The zero-order valence-electron chi connectivity index (χ0n) is 15.3. The molecule has 1 fully saturated rings. The third-order valence-electron chi connectivity index (χ3n) is 4.50. The number of carbonyl (C=O) groups is 1. The summed E-state index contributed by atoms with van der Waals surface area (Å²) < 4.78 is 39.0. The number of sulfone groups is 1. The quantitative estimate of drug-likeness (QED) is 0.638. The number of carbonyl (C=O) groups excluding carboxylic acids is 1. The van der Waals surface area contributed by atoms with E-state index in [0.717, 1.165) is 6.26 Å². The molecule has 0 aliphatic carbocycles. The zero-order valence-corrected chi connectivity index (χ0v) is 16.1. The molecular formula is C17H26N2O6S. The minimum Gasteiger partial charge on any atom is -0.493 e. The standard InChI is InChI=1S/C17H26N2O6S/c1-23-10-11-25-15-12-13(4-5-14(15)24-2)19-16(20)17(26(3,21)22)6-8-18-9-7-17/h4-5,12,18H,6-11H2,1-3H3,(H,19,20). The summed E-state index contributed by atoms with van der Waals surface area (Å²) in [4.78, 5) is 12.9. The number of hydrogen-bond donors (Lipinski definition) is 2. The first kappa shape index (κ1) is 20.5. The molecule has 1 aliphatic rings. The van der Waals surface area contributed by atoms with Gasteiger partial charge in [0.25, 0.3) is 0 Å². The molecule has 146 valence electrons. The van der Waals surface area contributed by atoms with E-state index in [-0.39, 0.29) is 12.8 Å². The van der Waals surface area contributed by atoms with E-state index in [1.165, 1.54) is 7.11 Å². The molecule has 2 rings (SSSR count). The summed E-state index contributed by atoms with van der Waals surface area (Å²) in [6.07, 6.45) is 1.60. The van der Waals surface area contributed by atoms with Crippen molar-refractivity contribution in [2.45, 2.75) is 17.6 Å². The minimum atomic E-state index is -3.57. The monoisotopic (exact) mass is 386 g/mol. The van der Waals surface area contributed by atoms with Crippen molar-refractivity contribution in [3.63, 3.8) is 0 Å². The van der Waals surface area contributed by atoms with E-state index in [1.807, 2.05) is 0 Å². The van der Waals surface area contributed by atoms with Crippen molar-refractivity contribution in [2.75, 3.05) is 52.1 Å². The van der Waals surface area contributed by atoms with Crippen LogP contribution in [0.4, 0.5) is 5.69 Å². The summed E-state index contributed by atoms with van der Waals surface area (Å²) >= 11 is 0. The minimum absolute atomic E-state index is 0.241. The summed E-state index contributed by atoms with van der Waals surface area (Å²) in [5, 5.41) is 5.82. The molecule has 1 aromatic rings. The van der Waals surface area contributed by atoms with E-state index in [1.54, 1.807) is 25.3 Å². The van der Waals surface area contributed by atoms with Gasteiger partial charge in [0, 0.05) is 25.1 Å². The fraction of sp³-hybridized carbons (Fsp3) is 0.588. The lowest BCUT2D eigenvalue weighted by Crippen LogP contribution is -2.55. The highest BCUT2D eigenvalue weighted by atomic mass is 32.2. The van der Waals surface area contributed by atoms with Gasteiger partial charge in [0.05, 0.1) is 13.7 Å². The molecule has 1 aromatic carbocycles. The Morgan fingerprint density at radius 3 is 2.46 bits per heavy atom. The molecule has 0 saturated carbocycles. The summed E-state index contributed by atoms with van der Waals surface area (Å²) in [6.45, 7) is 1.69. The first-order valence-corrected chi connectivity index (χ1v) is 10.2. The number of anilines is 1. The van der Waals surface area contributed by atoms with Crippen LogP contribution in [0.5, 0.6) is 11.5 Å². The predicted molar refractivity (Wildman–Crippen MR) is 98.7 cm³/mol. The van der Waals surface area contributed by atoms with Gasteiger partial charge in [0.2, 0.25) is 5.91 Å². The number of piperidine rings is 1. The maximum Gasteiger partial charge on any atom is 0.245 e. The summed E-state index contributed by atoms with van der Waals surface area (Å²) in [7, 11) is -0.483. The van der Waals surface area contributed by atoms with Crippen LogP contribution in [-0.4, -0.2) is 65.9 Å². The van der Waals surface area contributed by atoms with E-state index in [9.17, 15) is 13.2 Å². The number of methoxy groups -OCH3 is 2. The molecule has 0 aromatic heterocycles. The number of benzene rings is 1. The Morgan fingerprint density at radius 1 is 1.19 bits per heavy atom. The Kier molecular flexibility index (Phi) is 6.85. The smallest absolute Gasteiger partial charge is 0.245 e. The fourth-order valence-corrected chi connectivity index (χ4v) is 4.28. The van der Waals surface area contributed by atoms with Gasteiger partial charge >= 0.3 is 0 Å². The molecule has 0 spiro atoms. The van der Waals surface area contributed by atoms with Crippen molar-refractivity contribution in [2.24, 2.45) is 0 Å². The molecular weight excluding hydrogens is 360 g/mol. The van der Waals surface area contributed by atoms with Gasteiger partial charge in [0.15, 0.2) is 26.1 Å². The van der Waals surface area contributed by atoms with Gasteiger partial charge in [-0.15, -0.1) is 0 Å². The molecule has 26 heavy (non-hydrogen) atoms. The zero-order chi connectivity index (χ0) is 19.2. The Bertz CT molecular complexity index is 729. The van der Waals surface area contributed by atoms with Crippen molar-refractivity contribution in [1.82, 2.24) is 5.32 Å². The number of amides is 1. The SMILES string of the molecule is COCCOc1cc(NC(=O)C2(S(C)(=O)=O)CCNCC2)ccc1OC. The van der Waals surface area contributed by atoms with Gasteiger partial charge in [-0.2, -0.15) is 0 Å². The van der Waals surface area contributed by atoms with Gasteiger partial charge in [-0.05, 0) is 38.1 Å². The van der Waals surface area contributed by atoms with Crippen LogP contribution in [-0.2, 0) is 19.4 Å². The second kappa shape index (κ2) is 8.70. The number of ether oxygens (including phenoxy) is 3. The normalized spacial score (nSPS) is 16.7. The molecule has 8 nitrogen and oxygen atoms in total. The average Bonchev–Trinajstić information content (AvgIpc) is 2.62. The van der Waals surface area contributed by atoms with Crippen LogP contribution in [0.1, 0.15) is 12.8 Å². The molecule has 1 aliphatic heterocycles. The lowest BCUT2D eigenvalue weighted by molar-refractivity contribution is -0.119. The van der Waals surface area contributed by atoms with Gasteiger partial charge in [-0.1, -0.05) is 0 Å². The molecule has 0 bridgehead atoms. The lowest BCUT2D eigenvalue weighted by Gasteiger charge is -2.34. The second-order valence-electron chi connectivity index (χ2n) is 6.18. The Labute approximate surface area is 154 Å². The van der Waals surface area contributed by atoms with Crippen LogP contribution in [0, 0.1) is 0 Å². The van der Waals surface area contributed by atoms with E-state index in [0.29, 0.717) is 43.5 Å². The van der Waals surface area contributed by atoms with E-state index in [4.69, 9.17) is 14.2 Å². The van der Waals surface area contributed by atoms with Crippen LogP contribution in [0.25, 0.3) is 0 Å². The highest BCUT2D eigenvalue weighted by Crippen LogP contribution is 2.33. The van der Waals surface area contributed by atoms with Gasteiger partial charge in [0.1, 0.15) is 6.61 Å². The highest BCUT2D eigenvalue weighted by molar-refractivity contribution is 7.92. The second-order valence-corrected chi connectivity index (χ2v) is 8.50. The highest BCUT2D eigenvalue weighted by Gasteiger charge is 2.48. The summed E-state index contributed by atoms with van der Waals surface area (Å²) in [6, 6.07) is 4.92. The van der Waals surface area contributed by atoms with E-state index in [2.05, 4.69) is 10.6 Å². The van der Waals surface area contributed by atoms with Crippen molar-refractivity contribution in [3.05, 3.63) is 18.2 Å². The Balaban J connectivity index is 2.23. The molecule has 9 heteroatoms. The predicted octanol–water partition coefficient (Wildman–Crippen LogP) is 0.826. The molecule has 1 amide bonds. The fourth-order valence-electron chi connectivity index (χ4n) is 2.94. The van der Waals surface area contributed by atoms with Crippen molar-refractivity contribution < 1.29 is 27.4 Å². The first-order chi connectivity index (χ1) is 12.3. The molecule has 0 unspecified atom stereocenters.